The second-order valence-electron chi connectivity index (χ2n) is 4.45. The number of carbonyl (C=O) groups excluding carboxylic acids is 1. The van der Waals surface area contributed by atoms with Gasteiger partial charge in [-0.3, -0.25) is 4.79 Å². The molecule has 0 aliphatic heterocycles. The summed E-state index contributed by atoms with van der Waals surface area (Å²) < 4.78 is 0. The summed E-state index contributed by atoms with van der Waals surface area (Å²) in [6.45, 7) is 4.95. The Balaban J connectivity index is 1.69. The van der Waals surface area contributed by atoms with E-state index in [0.717, 1.165) is 31.5 Å². The van der Waals surface area contributed by atoms with Crippen LogP contribution in [0, 0.1) is 11.8 Å². The van der Waals surface area contributed by atoms with Crippen LogP contribution in [0.2, 0.25) is 0 Å². The Hall–Kier alpha value is -0.900. The molecule has 0 saturated heterocycles. The minimum Gasteiger partial charge on any atom is -0.355 e. The van der Waals surface area contributed by atoms with E-state index in [0.29, 0.717) is 5.92 Å². The van der Waals surface area contributed by atoms with E-state index in [1.165, 1.54) is 5.01 Å². The third kappa shape index (κ3) is 2.82. The van der Waals surface area contributed by atoms with E-state index in [9.17, 15) is 4.79 Å². The van der Waals surface area contributed by atoms with Crippen LogP contribution in [0.15, 0.2) is 5.38 Å². The quantitative estimate of drug-likeness (QED) is 0.852. The van der Waals surface area contributed by atoms with Gasteiger partial charge >= 0.3 is 0 Å². The SMILES string of the molecule is CCc1nc(CCNC(=O)C2CC2C)cs1. The smallest absolute Gasteiger partial charge is 0.223 e. The fourth-order valence-electron chi connectivity index (χ4n) is 1.76. The first-order chi connectivity index (χ1) is 7.70. The maximum absolute atomic E-state index is 11.5. The van der Waals surface area contributed by atoms with Gasteiger partial charge in [-0.1, -0.05) is 13.8 Å². The van der Waals surface area contributed by atoms with Crippen LogP contribution in [0.4, 0.5) is 0 Å². The molecule has 2 rings (SSSR count). The largest absolute Gasteiger partial charge is 0.355 e. The van der Waals surface area contributed by atoms with Gasteiger partial charge in [0.1, 0.15) is 0 Å². The molecule has 0 spiro atoms. The normalized spacial score (nSPS) is 23.1. The Morgan fingerprint density at radius 2 is 2.44 bits per heavy atom. The number of aromatic nitrogens is 1. The summed E-state index contributed by atoms with van der Waals surface area (Å²) in [4.78, 5) is 16.0. The van der Waals surface area contributed by atoms with E-state index < -0.39 is 0 Å². The minimum absolute atomic E-state index is 0.221. The standard InChI is InChI=1S/C12H18N2OS/c1-3-11-14-9(7-16-11)4-5-13-12(15)10-6-8(10)2/h7-8,10H,3-6H2,1-2H3,(H,13,15). The molecular formula is C12H18N2OS. The van der Waals surface area contributed by atoms with Gasteiger partial charge in [-0.2, -0.15) is 0 Å². The Morgan fingerprint density at radius 3 is 3.00 bits per heavy atom. The third-order valence-corrected chi connectivity index (χ3v) is 4.07. The molecule has 2 atom stereocenters. The molecule has 1 saturated carbocycles. The molecule has 4 heteroatoms. The first-order valence-corrected chi connectivity index (χ1v) is 6.79. The van der Waals surface area contributed by atoms with Gasteiger partial charge in [0.25, 0.3) is 0 Å². The predicted octanol–water partition coefficient (Wildman–Crippen LogP) is 2.02. The summed E-state index contributed by atoms with van der Waals surface area (Å²) in [5.74, 6) is 1.09. The van der Waals surface area contributed by atoms with Gasteiger partial charge in [0.15, 0.2) is 0 Å². The topological polar surface area (TPSA) is 42.0 Å². The number of nitrogens with zero attached hydrogens (tertiary/aromatic N) is 1. The lowest BCUT2D eigenvalue weighted by molar-refractivity contribution is -0.122. The van der Waals surface area contributed by atoms with Gasteiger partial charge in [0, 0.05) is 24.3 Å². The predicted molar refractivity (Wildman–Crippen MR) is 65.5 cm³/mol. The molecule has 3 nitrogen and oxygen atoms in total. The van der Waals surface area contributed by atoms with E-state index >= 15 is 0 Å². The van der Waals surface area contributed by atoms with Crippen LogP contribution in [0.25, 0.3) is 0 Å². The molecule has 1 aromatic heterocycles. The van der Waals surface area contributed by atoms with Crippen molar-refractivity contribution in [2.24, 2.45) is 11.8 Å². The van der Waals surface area contributed by atoms with Crippen LogP contribution in [0.1, 0.15) is 31.0 Å². The zero-order valence-corrected chi connectivity index (χ0v) is 10.6. The van der Waals surface area contributed by atoms with Gasteiger partial charge in [0.2, 0.25) is 5.91 Å². The highest BCUT2D eigenvalue weighted by atomic mass is 32.1. The number of nitrogens with one attached hydrogen (secondary N) is 1. The summed E-state index contributed by atoms with van der Waals surface area (Å²) in [6, 6.07) is 0. The lowest BCUT2D eigenvalue weighted by Gasteiger charge is -2.02. The van der Waals surface area contributed by atoms with Crippen LogP contribution >= 0.6 is 11.3 Å². The maximum Gasteiger partial charge on any atom is 0.223 e. The van der Waals surface area contributed by atoms with Crippen LogP contribution in [0.3, 0.4) is 0 Å². The van der Waals surface area contributed by atoms with Crippen molar-refractivity contribution in [3.05, 3.63) is 16.1 Å². The maximum atomic E-state index is 11.5. The van der Waals surface area contributed by atoms with Crippen LogP contribution in [-0.4, -0.2) is 17.4 Å². The zero-order valence-electron chi connectivity index (χ0n) is 9.82. The van der Waals surface area contributed by atoms with Crippen LogP contribution < -0.4 is 5.32 Å². The van der Waals surface area contributed by atoms with Gasteiger partial charge in [-0.05, 0) is 18.8 Å². The number of hydrogen-bond donors (Lipinski definition) is 1. The van der Waals surface area contributed by atoms with Gasteiger partial charge in [-0.25, -0.2) is 4.98 Å². The molecule has 16 heavy (non-hydrogen) atoms. The molecule has 1 amide bonds. The van der Waals surface area contributed by atoms with Crippen molar-refractivity contribution in [3.63, 3.8) is 0 Å². The highest BCUT2D eigenvalue weighted by molar-refractivity contribution is 7.09. The van der Waals surface area contributed by atoms with E-state index in [2.05, 4.69) is 29.5 Å². The molecular weight excluding hydrogens is 220 g/mol. The summed E-state index contributed by atoms with van der Waals surface area (Å²) in [6.07, 6.45) is 2.91. The fourth-order valence-corrected chi connectivity index (χ4v) is 2.54. The molecule has 0 radical (unpaired) electrons. The highest BCUT2D eigenvalue weighted by Crippen LogP contribution is 2.37. The van der Waals surface area contributed by atoms with E-state index in [1.54, 1.807) is 11.3 Å². The summed E-state index contributed by atoms with van der Waals surface area (Å²) in [5, 5.41) is 6.24. The Morgan fingerprint density at radius 1 is 1.69 bits per heavy atom. The fraction of sp³-hybridized carbons (Fsp3) is 0.667. The summed E-state index contributed by atoms with van der Waals surface area (Å²) >= 11 is 1.70. The first-order valence-electron chi connectivity index (χ1n) is 5.91. The van der Waals surface area contributed by atoms with Crippen molar-refractivity contribution in [2.45, 2.75) is 33.1 Å². The lowest BCUT2D eigenvalue weighted by Crippen LogP contribution is -2.27. The van der Waals surface area contributed by atoms with Gasteiger partial charge in [-0.15, -0.1) is 11.3 Å². The molecule has 1 aromatic rings. The van der Waals surface area contributed by atoms with E-state index in [-0.39, 0.29) is 11.8 Å². The van der Waals surface area contributed by atoms with Crippen molar-refractivity contribution >= 4 is 17.2 Å². The highest BCUT2D eigenvalue weighted by Gasteiger charge is 2.38. The van der Waals surface area contributed by atoms with Crippen molar-refractivity contribution in [2.75, 3.05) is 6.54 Å². The average molecular weight is 238 g/mol. The molecule has 1 fully saturated rings. The lowest BCUT2D eigenvalue weighted by atomic mass is 10.3. The molecule has 1 aliphatic rings. The molecule has 0 aromatic carbocycles. The number of amides is 1. The number of aryl methyl sites for hydroxylation is 1. The second-order valence-corrected chi connectivity index (χ2v) is 5.39. The number of hydrogen-bond acceptors (Lipinski definition) is 3. The Bertz CT molecular complexity index is 375. The van der Waals surface area contributed by atoms with Crippen molar-refractivity contribution in [1.29, 1.82) is 0 Å². The second kappa shape index (κ2) is 4.95. The molecule has 1 heterocycles. The summed E-state index contributed by atoms with van der Waals surface area (Å²) in [7, 11) is 0. The van der Waals surface area contributed by atoms with Gasteiger partial charge in [0.05, 0.1) is 10.7 Å². The van der Waals surface area contributed by atoms with E-state index in [1.807, 2.05) is 0 Å². The summed E-state index contributed by atoms with van der Waals surface area (Å²) in [5.41, 5.74) is 1.10. The molecule has 2 unspecified atom stereocenters. The number of carbonyl (C=O) groups is 1. The van der Waals surface area contributed by atoms with E-state index in [4.69, 9.17) is 0 Å². The third-order valence-electron chi connectivity index (χ3n) is 3.03. The average Bonchev–Trinajstić information content (AvgIpc) is 2.83. The Kier molecular flexibility index (Phi) is 3.59. The van der Waals surface area contributed by atoms with Crippen molar-refractivity contribution in [3.8, 4) is 0 Å². The molecule has 88 valence electrons. The zero-order chi connectivity index (χ0) is 11.5. The molecule has 1 aliphatic carbocycles. The van der Waals surface area contributed by atoms with Gasteiger partial charge < -0.3 is 5.32 Å². The number of thiazole rings is 1. The van der Waals surface area contributed by atoms with Crippen molar-refractivity contribution < 1.29 is 4.79 Å². The minimum atomic E-state index is 0.221. The number of rotatable bonds is 5. The molecule has 1 N–H and O–H groups in total. The first kappa shape index (κ1) is 11.6. The van der Waals surface area contributed by atoms with Crippen LogP contribution in [-0.2, 0) is 17.6 Å². The monoisotopic (exact) mass is 238 g/mol. The van der Waals surface area contributed by atoms with Crippen LogP contribution in [0.5, 0.6) is 0 Å². The van der Waals surface area contributed by atoms with Crippen molar-refractivity contribution in [1.82, 2.24) is 10.3 Å². The Labute approximate surface area is 100 Å². The molecule has 0 bridgehead atoms.